The van der Waals surface area contributed by atoms with Crippen LogP contribution < -0.4 is 0 Å². The number of hydrogen-bond acceptors (Lipinski definition) is 2. The van der Waals surface area contributed by atoms with Gasteiger partial charge in [-0.2, -0.15) is 0 Å². The summed E-state index contributed by atoms with van der Waals surface area (Å²) in [5.74, 6) is 6.44. The molecule has 66 valence electrons. The highest BCUT2D eigenvalue weighted by atomic mass is 16.1. The van der Waals surface area contributed by atoms with Crippen LogP contribution >= 0.6 is 0 Å². The molecule has 0 spiro atoms. The first-order valence-electron chi connectivity index (χ1n) is 4.52. The Labute approximate surface area is 77.7 Å². The number of aliphatic imine (C=N–C) groups is 1. The van der Waals surface area contributed by atoms with Crippen LogP contribution in [-0.4, -0.2) is 12.0 Å². The fourth-order valence-corrected chi connectivity index (χ4v) is 2.00. The van der Waals surface area contributed by atoms with Crippen molar-refractivity contribution in [3.63, 3.8) is 0 Å². The van der Waals surface area contributed by atoms with Crippen LogP contribution in [0, 0.1) is 23.7 Å². The molecule has 1 aliphatic heterocycles. The minimum Gasteiger partial charge on any atom is -0.299 e. The fraction of sp³-hybridized carbons (Fsp3) is 0.455. The number of nitrogens with zero attached hydrogens (tertiary/aromatic N) is 1. The number of allylic oxidation sites excluding steroid dienone is 1. The van der Waals surface area contributed by atoms with E-state index in [1.807, 2.05) is 6.21 Å². The molecule has 13 heavy (non-hydrogen) atoms. The van der Waals surface area contributed by atoms with Crippen molar-refractivity contribution in [2.24, 2.45) is 16.8 Å². The SMILES string of the molecule is CC#CC1=CN=CC2CCC(=O)C12. The van der Waals surface area contributed by atoms with Crippen molar-refractivity contribution in [3.8, 4) is 11.8 Å². The zero-order valence-corrected chi connectivity index (χ0v) is 7.58. The second-order valence-electron chi connectivity index (χ2n) is 3.40. The Morgan fingerprint density at radius 3 is 3.23 bits per heavy atom. The van der Waals surface area contributed by atoms with Gasteiger partial charge in [-0.25, -0.2) is 0 Å². The van der Waals surface area contributed by atoms with E-state index in [0.29, 0.717) is 18.1 Å². The van der Waals surface area contributed by atoms with E-state index in [1.165, 1.54) is 0 Å². The predicted molar refractivity (Wildman–Crippen MR) is 51.2 cm³/mol. The van der Waals surface area contributed by atoms with Crippen LogP contribution in [0.25, 0.3) is 0 Å². The Morgan fingerprint density at radius 1 is 1.62 bits per heavy atom. The van der Waals surface area contributed by atoms with Crippen molar-refractivity contribution >= 4 is 12.0 Å². The fourth-order valence-electron chi connectivity index (χ4n) is 2.00. The van der Waals surface area contributed by atoms with Crippen LogP contribution in [0.3, 0.4) is 0 Å². The second-order valence-corrected chi connectivity index (χ2v) is 3.40. The maximum Gasteiger partial charge on any atom is 0.141 e. The van der Waals surface area contributed by atoms with Crippen LogP contribution in [0.15, 0.2) is 16.8 Å². The third kappa shape index (κ3) is 1.31. The minimum atomic E-state index is 0.0185. The van der Waals surface area contributed by atoms with E-state index in [4.69, 9.17) is 0 Å². The average molecular weight is 173 g/mol. The molecule has 2 heteroatoms. The average Bonchev–Trinajstić information content (AvgIpc) is 2.50. The summed E-state index contributed by atoms with van der Waals surface area (Å²) in [6.45, 7) is 1.79. The van der Waals surface area contributed by atoms with Gasteiger partial charge in [0.25, 0.3) is 0 Å². The lowest BCUT2D eigenvalue weighted by Gasteiger charge is -2.16. The Bertz CT molecular complexity index is 354. The molecule has 0 aromatic heterocycles. The Hall–Kier alpha value is -1.36. The molecule has 0 N–H and O–H groups in total. The van der Waals surface area contributed by atoms with E-state index in [0.717, 1.165) is 12.0 Å². The van der Waals surface area contributed by atoms with Crippen molar-refractivity contribution in [1.82, 2.24) is 0 Å². The quantitative estimate of drug-likeness (QED) is 0.511. The maximum absolute atomic E-state index is 11.5. The molecule has 2 nitrogen and oxygen atoms in total. The molecule has 0 bridgehead atoms. The van der Waals surface area contributed by atoms with E-state index in [2.05, 4.69) is 16.8 Å². The molecular weight excluding hydrogens is 162 g/mol. The van der Waals surface area contributed by atoms with Crippen LogP contribution in [0.4, 0.5) is 0 Å². The molecule has 0 radical (unpaired) electrons. The maximum atomic E-state index is 11.5. The van der Waals surface area contributed by atoms with Gasteiger partial charge in [0.2, 0.25) is 0 Å². The summed E-state index contributed by atoms with van der Waals surface area (Å²) in [6, 6.07) is 0. The molecule has 0 aromatic rings. The van der Waals surface area contributed by atoms with Gasteiger partial charge in [-0.05, 0) is 13.3 Å². The summed E-state index contributed by atoms with van der Waals surface area (Å²) in [6.07, 6.45) is 5.23. The largest absolute Gasteiger partial charge is 0.299 e. The van der Waals surface area contributed by atoms with E-state index in [9.17, 15) is 4.79 Å². The van der Waals surface area contributed by atoms with E-state index in [-0.39, 0.29) is 5.92 Å². The molecule has 2 aliphatic rings. The van der Waals surface area contributed by atoms with Crippen molar-refractivity contribution < 1.29 is 4.79 Å². The molecule has 1 heterocycles. The topological polar surface area (TPSA) is 29.4 Å². The highest BCUT2D eigenvalue weighted by Gasteiger charge is 2.37. The number of rotatable bonds is 0. The van der Waals surface area contributed by atoms with Gasteiger partial charge in [0.15, 0.2) is 0 Å². The zero-order valence-electron chi connectivity index (χ0n) is 7.58. The number of carbonyl (C=O) groups excluding carboxylic acids is 1. The van der Waals surface area contributed by atoms with Gasteiger partial charge in [-0.15, -0.1) is 5.92 Å². The first-order valence-corrected chi connectivity index (χ1v) is 4.52. The second kappa shape index (κ2) is 3.18. The van der Waals surface area contributed by atoms with Gasteiger partial charge in [-0.3, -0.25) is 9.79 Å². The molecule has 1 saturated carbocycles. The summed E-state index contributed by atoms with van der Waals surface area (Å²) < 4.78 is 0. The predicted octanol–water partition coefficient (Wildman–Crippen LogP) is 1.57. The van der Waals surface area contributed by atoms with Crippen LogP contribution in [0.5, 0.6) is 0 Å². The summed E-state index contributed by atoms with van der Waals surface area (Å²) in [7, 11) is 0. The third-order valence-corrected chi connectivity index (χ3v) is 2.59. The van der Waals surface area contributed by atoms with Gasteiger partial charge in [0.05, 0.1) is 5.92 Å². The smallest absolute Gasteiger partial charge is 0.141 e. The van der Waals surface area contributed by atoms with E-state index in [1.54, 1.807) is 13.1 Å². The van der Waals surface area contributed by atoms with Crippen molar-refractivity contribution in [3.05, 3.63) is 11.8 Å². The van der Waals surface area contributed by atoms with Crippen LogP contribution in [-0.2, 0) is 4.79 Å². The third-order valence-electron chi connectivity index (χ3n) is 2.59. The molecule has 1 fully saturated rings. The van der Waals surface area contributed by atoms with Gasteiger partial charge in [0, 0.05) is 30.3 Å². The molecular formula is C11H11NO. The Kier molecular flexibility index (Phi) is 2.02. The first-order chi connectivity index (χ1) is 6.33. The lowest BCUT2D eigenvalue weighted by molar-refractivity contribution is -0.119. The standard InChI is InChI=1S/C11H11NO/c1-2-3-8-6-12-7-9-4-5-10(13)11(8)9/h6-7,9,11H,4-5H2,1H3. The molecule has 2 rings (SSSR count). The first kappa shape index (κ1) is 8.25. The van der Waals surface area contributed by atoms with Crippen molar-refractivity contribution in [1.29, 1.82) is 0 Å². The highest BCUT2D eigenvalue weighted by Crippen LogP contribution is 2.34. The summed E-state index contributed by atoms with van der Waals surface area (Å²) >= 11 is 0. The molecule has 1 aliphatic carbocycles. The molecule has 2 unspecified atom stereocenters. The summed E-state index contributed by atoms with van der Waals surface area (Å²) in [5, 5.41) is 0. The lowest BCUT2D eigenvalue weighted by Crippen LogP contribution is -2.20. The Morgan fingerprint density at radius 2 is 2.46 bits per heavy atom. The van der Waals surface area contributed by atoms with Gasteiger partial charge in [-0.1, -0.05) is 5.92 Å². The summed E-state index contributed by atoms with van der Waals surface area (Å²) in [5.41, 5.74) is 0.900. The number of carbonyl (C=O) groups is 1. The number of Topliss-reactive ketones (excluding diaryl/α,β-unsaturated/α-hetero) is 1. The molecule has 0 saturated heterocycles. The van der Waals surface area contributed by atoms with Gasteiger partial charge in [0.1, 0.15) is 5.78 Å². The zero-order chi connectivity index (χ0) is 9.26. The molecule has 0 amide bonds. The molecule has 2 atom stereocenters. The minimum absolute atomic E-state index is 0.0185. The van der Waals surface area contributed by atoms with Gasteiger partial charge >= 0.3 is 0 Å². The van der Waals surface area contributed by atoms with Crippen LogP contribution in [0.2, 0.25) is 0 Å². The van der Waals surface area contributed by atoms with Crippen molar-refractivity contribution in [2.45, 2.75) is 19.8 Å². The Balaban J connectivity index is 2.34. The monoisotopic (exact) mass is 173 g/mol. The van der Waals surface area contributed by atoms with Crippen LogP contribution in [0.1, 0.15) is 19.8 Å². The van der Waals surface area contributed by atoms with E-state index >= 15 is 0 Å². The van der Waals surface area contributed by atoms with Crippen molar-refractivity contribution in [2.75, 3.05) is 0 Å². The van der Waals surface area contributed by atoms with E-state index < -0.39 is 0 Å². The summed E-state index contributed by atoms with van der Waals surface area (Å²) in [4.78, 5) is 15.6. The lowest BCUT2D eigenvalue weighted by atomic mass is 9.88. The normalized spacial score (nSPS) is 30.5. The highest BCUT2D eigenvalue weighted by molar-refractivity contribution is 5.92. The van der Waals surface area contributed by atoms with Gasteiger partial charge < -0.3 is 0 Å². The number of hydrogen-bond donors (Lipinski definition) is 0. The molecule has 0 aromatic carbocycles. The number of fused-ring (bicyclic) bond motifs is 1. The number of ketones is 1.